The van der Waals surface area contributed by atoms with E-state index in [-0.39, 0.29) is 5.41 Å². The average molecular weight is 190 g/mol. The Bertz CT molecular complexity index is 306. The SMILES string of the molecule is C[C@H](c1ccccc1)[C@@H]1C[C@@]1(C)CO. The molecule has 0 heterocycles. The molecular weight excluding hydrogens is 172 g/mol. The summed E-state index contributed by atoms with van der Waals surface area (Å²) in [6.45, 7) is 4.77. The number of aliphatic hydroxyl groups is 1. The second-order valence-corrected chi connectivity index (χ2v) is 4.82. The van der Waals surface area contributed by atoms with Crippen molar-refractivity contribution in [3.63, 3.8) is 0 Å². The highest BCUT2D eigenvalue weighted by atomic mass is 16.3. The van der Waals surface area contributed by atoms with E-state index in [9.17, 15) is 5.11 Å². The minimum atomic E-state index is 0.190. The maximum absolute atomic E-state index is 9.23. The van der Waals surface area contributed by atoms with Crippen LogP contribution in [0.5, 0.6) is 0 Å². The molecule has 0 radical (unpaired) electrons. The molecule has 2 rings (SSSR count). The van der Waals surface area contributed by atoms with Gasteiger partial charge in [-0.05, 0) is 29.2 Å². The Kier molecular flexibility index (Phi) is 2.36. The van der Waals surface area contributed by atoms with Crippen LogP contribution in [0, 0.1) is 11.3 Å². The van der Waals surface area contributed by atoms with Crippen molar-refractivity contribution in [2.45, 2.75) is 26.2 Å². The highest BCUT2D eigenvalue weighted by molar-refractivity contribution is 5.23. The third kappa shape index (κ3) is 1.57. The van der Waals surface area contributed by atoms with Crippen LogP contribution in [0.4, 0.5) is 0 Å². The number of rotatable bonds is 3. The lowest BCUT2D eigenvalue weighted by atomic mass is 9.91. The van der Waals surface area contributed by atoms with Gasteiger partial charge in [0, 0.05) is 6.61 Å². The van der Waals surface area contributed by atoms with Crippen molar-refractivity contribution in [2.75, 3.05) is 6.61 Å². The molecule has 0 aliphatic heterocycles. The number of hydrogen-bond donors (Lipinski definition) is 1. The summed E-state index contributed by atoms with van der Waals surface area (Å²) in [5.74, 6) is 1.24. The summed E-state index contributed by atoms with van der Waals surface area (Å²) in [6, 6.07) is 10.6. The molecule has 0 amide bonds. The predicted octanol–water partition coefficient (Wildman–Crippen LogP) is 2.81. The van der Waals surface area contributed by atoms with E-state index < -0.39 is 0 Å². The van der Waals surface area contributed by atoms with Gasteiger partial charge in [-0.25, -0.2) is 0 Å². The van der Waals surface area contributed by atoms with Gasteiger partial charge in [0.05, 0.1) is 0 Å². The van der Waals surface area contributed by atoms with Crippen LogP contribution in [0.2, 0.25) is 0 Å². The Morgan fingerprint density at radius 2 is 2.07 bits per heavy atom. The van der Waals surface area contributed by atoms with E-state index in [2.05, 4.69) is 38.1 Å². The standard InChI is InChI=1S/C13H18O/c1-10(11-6-4-3-5-7-11)12-8-13(12,2)9-14/h3-7,10,12,14H,8-9H2,1-2H3/t10-,12+,13+/m1/s1. The van der Waals surface area contributed by atoms with Gasteiger partial charge in [-0.1, -0.05) is 44.2 Å². The van der Waals surface area contributed by atoms with Gasteiger partial charge < -0.3 is 5.11 Å². The third-order valence-corrected chi connectivity index (χ3v) is 3.71. The van der Waals surface area contributed by atoms with E-state index in [1.54, 1.807) is 0 Å². The van der Waals surface area contributed by atoms with Crippen LogP contribution in [-0.4, -0.2) is 11.7 Å². The molecule has 14 heavy (non-hydrogen) atoms. The Morgan fingerprint density at radius 3 is 2.57 bits per heavy atom. The first-order chi connectivity index (χ1) is 6.67. The molecule has 0 unspecified atom stereocenters. The van der Waals surface area contributed by atoms with Crippen LogP contribution in [0.1, 0.15) is 31.7 Å². The van der Waals surface area contributed by atoms with Gasteiger partial charge >= 0.3 is 0 Å². The second kappa shape index (κ2) is 3.39. The molecule has 1 N–H and O–H groups in total. The van der Waals surface area contributed by atoms with Crippen molar-refractivity contribution < 1.29 is 5.11 Å². The van der Waals surface area contributed by atoms with Crippen LogP contribution in [0.25, 0.3) is 0 Å². The number of hydrogen-bond acceptors (Lipinski definition) is 1. The highest BCUT2D eigenvalue weighted by Gasteiger charge is 2.52. The fraction of sp³-hybridized carbons (Fsp3) is 0.538. The van der Waals surface area contributed by atoms with E-state index >= 15 is 0 Å². The highest BCUT2D eigenvalue weighted by Crippen LogP contribution is 2.58. The Balaban J connectivity index is 2.08. The molecule has 1 saturated carbocycles. The summed E-state index contributed by atoms with van der Waals surface area (Å²) >= 11 is 0. The van der Waals surface area contributed by atoms with Crippen LogP contribution in [-0.2, 0) is 0 Å². The van der Waals surface area contributed by atoms with Crippen LogP contribution in [0.3, 0.4) is 0 Å². The zero-order chi connectivity index (χ0) is 10.2. The zero-order valence-corrected chi connectivity index (χ0v) is 8.90. The molecule has 1 heteroatoms. The Morgan fingerprint density at radius 1 is 1.43 bits per heavy atom. The molecular formula is C13H18O. The van der Waals surface area contributed by atoms with Crippen molar-refractivity contribution in [1.29, 1.82) is 0 Å². The Hall–Kier alpha value is -0.820. The van der Waals surface area contributed by atoms with Crippen molar-refractivity contribution in [3.8, 4) is 0 Å². The van der Waals surface area contributed by atoms with Gasteiger partial charge in [0.15, 0.2) is 0 Å². The fourth-order valence-corrected chi connectivity index (χ4v) is 2.39. The largest absolute Gasteiger partial charge is 0.396 e. The van der Waals surface area contributed by atoms with Gasteiger partial charge in [0.2, 0.25) is 0 Å². The summed E-state index contributed by atoms with van der Waals surface area (Å²) in [4.78, 5) is 0. The van der Waals surface area contributed by atoms with Crippen LogP contribution in [0.15, 0.2) is 30.3 Å². The fourth-order valence-electron chi connectivity index (χ4n) is 2.39. The molecule has 1 aromatic carbocycles. The summed E-state index contributed by atoms with van der Waals surface area (Å²) in [5.41, 5.74) is 1.59. The molecule has 76 valence electrons. The van der Waals surface area contributed by atoms with E-state index in [0.717, 1.165) is 0 Å². The smallest absolute Gasteiger partial charge is 0.0487 e. The lowest BCUT2D eigenvalue weighted by Gasteiger charge is -2.14. The molecule has 3 atom stereocenters. The van der Waals surface area contributed by atoms with Gasteiger partial charge in [-0.3, -0.25) is 0 Å². The maximum atomic E-state index is 9.23. The molecule has 1 aromatic rings. The lowest BCUT2D eigenvalue weighted by Crippen LogP contribution is -2.08. The van der Waals surface area contributed by atoms with E-state index in [0.29, 0.717) is 18.4 Å². The van der Waals surface area contributed by atoms with Crippen molar-refractivity contribution >= 4 is 0 Å². The molecule has 0 spiro atoms. The zero-order valence-electron chi connectivity index (χ0n) is 8.90. The third-order valence-electron chi connectivity index (χ3n) is 3.71. The topological polar surface area (TPSA) is 20.2 Å². The summed E-state index contributed by atoms with van der Waals surface area (Å²) in [6.07, 6.45) is 1.17. The van der Waals surface area contributed by atoms with Gasteiger partial charge in [0.25, 0.3) is 0 Å². The molecule has 1 aliphatic rings. The van der Waals surface area contributed by atoms with Crippen LogP contribution >= 0.6 is 0 Å². The van der Waals surface area contributed by atoms with Crippen LogP contribution < -0.4 is 0 Å². The van der Waals surface area contributed by atoms with Gasteiger partial charge in [-0.15, -0.1) is 0 Å². The first kappa shape index (κ1) is 9.72. The summed E-state index contributed by atoms with van der Waals surface area (Å²) in [5, 5.41) is 9.23. The second-order valence-electron chi connectivity index (χ2n) is 4.82. The predicted molar refractivity (Wildman–Crippen MR) is 58.2 cm³/mol. The van der Waals surface area contributed by atoms with Gasteiger partial charge in [0.1, 0.15) is 0 Å². The van der Waals surface area contributed by atoms with E-state index in [1.165, 1.54) is 12.0 Å². The van der Waals surface area contributed by atoms with Crippen molar-refractivity contribution in [1.82, 2.24) is 0 Å². The van der Waals surface area contributed by atoms with Crippen molar-refractivity contribution in [3.05, 3.63) is 35.9 Å². The molecule has 0 saturated heterocycles. The number of aliphatic hydroxyl groups excluding tert-OH is 1. The molecule has 0 aromatic heterocycles. The minimum absolute atomic E-state index is 0.190. The monoisotopic (exact) mass is 190 g/mol. The van der Waals surface area contributed by atoms with E-state index in [4.69, 9.17) is 0 Å². The first-order valence-electron chi connectivity index (χ1n) is 5.33. The van der Waals surface area contributed by atoms with Gasteiger partial charge in [-0.2, -0.15) is 0 Å². The van der Waals surface area contributed by atoms with E-state index in [1.807, 2.05) is 6.07 Å². The first-order valence-corrected chi connectivity index (χ1v) is 5.33. The average Bonchev–Trinajstić information content (AvgIpc) is 2.92. The summed E-state index contributed by atoms with van der Waals surface area (Å²) in [7, 11) is 0. The summed E-state index contributed by atoms with van der Waals surface area (Å²) < 4.78 is 0. The molecule has 1 nitrogen and oxygen atoms in total. The minimum Gasteiger partial charge on any atom is -0.396 e. The quantitative estimate of drug-likeness (QED) is 0.777. The Labute approximate surface area is 85.8 Å². The normalized spacial score (nSPS) is 32.6. The molecule has 0 bridgehead atoms. The molecule has 1 fully saturated rings. The number of benzene rings is 1. The van der Waals surface area contributed by atoms with Crippen molar-refractivity contribution in [2.24, 2.45) is 11.3 Å². The molecule has 1 aliphatic carbocycles. The maximum Gasteiger partial charge on any atom is 0.0487 e. The lowest BCUT2D eigenvalue weighted by molar-refractivity contribution is 0.207.